The molecule has 1 N–H and O–H groups in total. The van der Waals surface area contributed by atoms with Crippen molar-refractivity contribution >= 4 is 50.1 Å². The number of aromatic nitrogens is 4. The van der Waals surface area contributed by atoms with Crippen molar-refractivity contribution in [3.8, 4) is 10.9 Å². The zero-order chi connectivity index (χ0) is 27.1. The van der Waals surface area contributed by atoms with Gasteiger partial charge in [-0.05, 0) is 19.2 Å². The number of alkyl halides is 3. The van der Waals surface area contributed by atoms with Gasteiger partial charge >= 0.3 is 11.4 Å². The zero-order valence-corrected chi connectivity index (χ0v) is 21.6. The van der Waals surface area contributed by atoms with Crippen LogP contribution in [0.1, 0.15) is 6.42 Å². The first-order valence-corrected chi connectivity index (χ1v) is 13.6. The number of carbonyl (C=O) groups excluding carboxylic acids is 1. The van der Waals surface area contributed by atoms with Crippen LogP contribution in [0.4, 0.5) is 18.9 Å². The van der Waals surface area contributed by atoms with Gasteiger partial charge in [0, 0.05) is 30.9 Å². The molecule has 1 amide bonds. The molecule has 0 spiro atoms. The van der Waals surface area contributed by atoms with Gasteiger partial charge in [-0.25, -0.2) is 18.1 Å². The molecule has 3 rings (SSSR count). The number of pyridine rings is 1. The summed E-state index contributed by atoms with van der Waals surface area (Å²) in [6, 6.07) is 3.36. The lowest BCUT2D eigenvalue weighted by Crippen LogP contribution is -2.43. The van der Waals surface area contributed by atoms with E-state index in [0.717, 1.165) is 16.2 Å². The summed E-state index contributed by atoms with van der Waals surface area (Å²) in [5, 5.41) is 12.2. The van der Waals surface area contributed by atoms with E-state index in [0.29, 0.717) is 5.69 Å². The van der Waals surface area contributed by atoms with E-state index < -0.39 is 45.6 Å². The predicted molar refractivity (Wildman–Crippen MR) is 132 cm³/mol. The standard InChI is InChI=1S/C20H21ClF3N7O4S2/c1-25-6-8-30(16-12-31(28-17(16)21)14-3-2-5-26-11-14)18(32)15(29-35-19-27-7-9-36-19)13-37(33,34)10-4-20(22,23)24/h2-3,5,7,9,11-12,25H,4,6,8,10,13H2,1H3/b29-15-. The normalized spacial score (nSPS) is 12.5. The summed E-state index contributed by atoms with van der Waals surface area (Å²) in [5.41, 5.74) is -0.00790. The van der Waals surface area contributed by atoms with Gasteiger partial charge in [-0.3, -0.25) is 9.78 Å². The van der Waals surface area contributed by atoms with Crippen molar-refractivity contribution in [3.63, 3.8) is 0 Å². The molecule has 200 valence electrons. The number of nitrogens with one attached hydrogen (secondary N) is 1. The van der Waals surface area contributed by atoms with Crippen LogP contribution in [0.5, 0.6) is 5.19 Å². The molecule has 17 heteroatoms. The summed E-state index contributed by atoms with van der Waals surface area (Å²) < 4.78 is 64.3. The monoisotopic (exact) mass is 579 g/mol. The first-order valence-electron chi connectivity index (χ1n) is 10.5. The summed E-state index contributed by atoms with van der Waals surface area (Å²) in [7, 11) is -2.78. The van der Waals surface area contributed by atoms with Crippen LogP contribution < -0.4 is 15.1 Å². The van der Waals surface area contributed by atoms with Gasteiger partial charge in [-0.15, -0.1) is 0 Å². The Morgan fingerprint density at radius 3 is 2.76 bits per heavy atom. The van der Waals surface area contributed by atoms with Crippen molar-refractivity contribution in [2.75, 3.05) is 36.5 Å². The van der Waals surface area contributed by atoms with Crippen LogP contribution in [0, 0.1) is 0 Å². The van der Waals surface area contributed by atoms with Crippen LogP contribution >= 0.6 is 22.9 Å². The summed E-state index contributed by atoms with van der Waals surface area (Å²) in [5.74, 6) is -3.27. The summed E-state index contributed by atoms with van der Waals surface area (Å²) in [6.07, 6.45) is -0.374. The Balaban J connectivity index is 1.96. The average Bonchev–Trinajstić information content (AvgIpc) is 3.51. The van der Waals surface area contributed by atoms with Gasteiger partial charge in [0.25, 0.3) is 5.91 Å². The van der Waals surface area contributed by atoms with E-state index in [1.165, 1.54) is 23.3 Å². The van der Waals surface area contributed by atoms with Gasteiger partial charge in [0.15, 0.2) is 20.7 Å². The summed E-state index contributed by atoms with van der Waals surface area (Å²) in [6.45, 7) is 0.244. The Morgan fingerprint density at radius 1 is 1.35 bits per heavy atom. The zero-order valence-electron chi connectivity index (χ0n) is 19.2. The number of halogens is 4. The van der Waals surface area contributed by atoms with Gasteiger partial charge < -0.3 is 15.1 Å². The fraction of sp³-hybridized carbons (Fsp3) is 0.350. The van der Waals surface area contributed by atoms with Crippen LogP contribution in [0.3, 0.4) is 0 Å². The van der Waals surface area contributed by atoms with E-state index in [2.05, 4.69) is 25.5 Å². The van der Waals surface area contributed by atoms with E-state index in [1.54, 1.807) is 30.8 Å². The Bertz CT molecular complexity index is 1320. The molecule has 0 saturated carbocycles. The minimum Gasteiger partial charge on any atom is -0.324 e. The Labute approximate surface area is 218 Å². The number of likely N-dealkylation sites (N-methyl/N-ethyl adjacent to an activating group) is 1. The Morgan fingerprint density at radius 2 is 2.14 bits per heavy atom. The second-order valence-electron chi connectivity index (χ2n) is 7.41. The number of oxime groups is 1. The third-order valence-electron chi connectivity index (χ3n) is 4.63. The third kappa shape index (κ3) is 8.48. The molecule has 0 radical (unpaired) electrons. The first kappa shape index (κ1) is 28.5. The number of hydrogen-bond acceptors (Lipinski definition) is 10. The molecular weight excluding hydrogens is 559 g/mol. The maximum atomic E-state index is 13.6. The molecule has 3 heterocycles. The van der Waals surface area contributed by atoms with Crippen molar-refractivity contribution in [2.24, 2.45) is 5.16 Å². The van der Waals surface area contributed by atoms with E-state index in [1.807, 2.05) is 0 Å². The molecule has 0 saturated heterocycles. The molecular formula is C20H21ClF3N7O4S2. The van der Waals surface area contributed by atoms with Crippen LogP contribution in [0.2, 0.25) is 5.15 Å². The number of anilines is 1. The number of carbonyl (C=O) groups is 1. The number of rotatable bonds is 12. The number of hydrogen-bond donors (Lipinski definition) is 1. The van der Waals surface area contributed by atoms with E-state index in [9.17, 15) is 26.4 Å². The van der Waals surface area contributed by atoms with Crippen molar-refractivity contribution in [1.82, 2.24) is 25.1 Å². The Hall–Kier alpha value is -3.08. The second kappa shape index (κ2) is 12.4. The first-order chi connectivity index (χ1) is 17.5. The predicted octanol–water partition coefficient (Wildman–Crippen LogP) is 2.73. The number of nitrogens with zero attached hydrogens (tertiary/aromatic N) is 6. The lowest BCUT2D eigenvalue weighted by molar-refractivity contribution is -0.129. The lowest BCUT2D eigenvalue weighted by atomic mass is 10.3. The minimum atomic E-state index is -4.70. The number of thiazole rings is 1. The van der Waals surface area contributed by atoms with Gasteiger partial charge in [0.05, 0.1) is 30.3 Å². The molecule has 0 fully saturated rings. The third-order valence-corrected chi connectivity index (χ3v) is 7.07. The van der Waals surface area contributed by atoms with Gasteiger partial charge in [-0.2, -0.15) is 18.3 Å². The fourth-order valence-electron chi connectivity index (χ4n) is 2.89. The molecule has 0 atom stereocenters. The van der Waals surface area contributed by atoms with E-state index in [-0.39, 0.29) is 29.1 Å². The largest absolute Gasteiger partial charge is 0.390 e. The highest BCUT2D eigenvalue weighted by Gasteiger charge is 2.33. The maximum absolute atomic E-state index is 13.6. The topological polar surface area (TPSA) is 132 Å². The SMILES string of the molecule is CNCCN(C(=O)/C(CS(=O)(=O)CCC(F)(F)F)=N\Oc1nccs1)c1cn(-c2cccnc2)nc1Cl. The van der Waals surface area contributed by atoms with Crippen molar-refractivity contribution in [2.45, 2.75) is 12.6 Å². The van der Waals surface area contributed by atoms with E-state index in [4.69, 9.17) is 16.4 Å². The molecule has 3 aromatic rings. The molecule has 0 aromatic carbocycles. The van der Waals surface area contributed by atoms with Crippen LogP contribution in [-0.2, 0) is 14.6 Å². The number of sulfone groups is 1. The summed E-state index contributed by atoms with van der Waals surface area (Å²) in [4.78, 5) is 27.6. The molecule has 3 aromatic heterocycles. The molecule has 0 aliphatic rings. The highest BCUT2D eigenvalue weighted by atomic mass is 35.5. The van der Waals surface area contributed by atoms with Crippen LogP contribution in [0.15, 0.2) is 47.5 Å². The highest BCUT2D eigenvalue weighted by Crippen LogP contribution is 2.27. The number of amides is 1. The van der Waals surface area contributed by atoms with Crippen molar-refractivity contribution in [1.29, 1.82) is 0 Å². The molecule has 11 nitrogen and oxygen atoms in total. The van der Waals surface area contributed by atoms with Crippen molar-refractivity contribution < 1.29 is 31.2 Å². The Kier molecular flexibility index (Phi) is 9.58. The van der Waals surface area contributed by atoms with Crippen LogP contribution in [-0.4, -0.2) is 77.6 Å². The lowest BCUT2D eigenvalue weighted by Gasteiger charge is -2.22. The highest BCUT2D eigenvalue weighted by molar-refractivity contribution is 7.92. The minimum absolute atomic E-state index is 0.00203. The maximum Gasteiger partial charge on any atom is 0.390 e. The van der Waals surface area contributed by atoms with Gasteiger partial charge in [0.1, 0.15) is 11.4 Å². The second-order valence-corrected chi connectivity index (χ2v) is 10.8. The molecule has 0 unspecified atom stereocenters. The molecule has 37 heavy (non-hydrogen) atoms. The van der Waals surface area contributed by atoms with E-state index >= 15 is 0 Å². The molecule has 0 bridgehead atoms. The smallest absolute Gasteiger partial charge is 0.324 e. The fourth-order valence-corrected chi connectivity index (χ4v) is 4.84. The van der Waals surface area contributed by atoms with Gasteiger partial charge in [0.2, 0.25) is 0 Å². The summed E-state index contributed by atoms with van der Waals surface area (Å²) >= 11 is 7.34. The quantitative estimate of drug-likeness (QED) is 0.256. The average molecular weight is 580 g/mol. The van der Waals surface area contributed by atoms with Gasteiger partial charge in [-0.1, -0.05) is 28.1 Å². The molecule has 0 aliphatic carbocycles. The van der Waals surface area contributed by atoms with Crippen LogP contribution in [0.25, 0.3) is 5.69 Å². The molecule has 0 aliphatic heterocycles. The van der Waals surface area contributed by atoms with Crippen molar-refractivity contribution in [3.05, 3.63) is 47.5 Å².